The predicted molar refractivity (Wildman–Crippen MR) is 100 cm³/mol. The molecular weight excluding hydrogens is 407 g/mol. The van der Waals surface area contributed by atoms with Crippen LogP contribution in [0, 0.1) is 5.41 Å². The third kappa shape index (κ3) is 6.33. The zero-order chi connectivity index (χ0) is 22.4. The number of nitrogens with zero attached hydrogens (tertiary/aromatic N) is 1. The number of carbonyl (C=O) groups is 3. The van der Waals surface area contributed by atoms with E-state index < -0.39 is 29.6 Å². The number of carboxylic acid groups (broad SMARTS) is 2. The number of fused-ring (bicyclic) bond motifs is 1. The molecule has 8 nitrogen and oxygen atoms in total. The van der Waals surface area contributed by atoms with Crippen LogP contribution in [0.5, 0.6) is 0 Å². The van der Waals surface area contributed by atoms with Gasteiger partial charge in [0.05, 0.1) is 5.41 Å². The number of aliphatic carboxylic acids is 2. The monoisotopic (exact) mass is 431 g/mol. The lowest BCUT2D eigenvalue weighted by molar-refractivity contribution is -0.192. The van der Waals surface area contributed by atoms with Crippen LogP contribution >= 0.6 is 0 Å². The van der Waals surface area contributed by atoms with Gasteiger partial charge in [-0.2, -0.15) is 13.2 Å². The molecule has 1 aromatic heterocycles. The van der Waals surface area contributed by atoms with Crippen molar-refractivity contribution in [2.75, 3.05) is 11.9 Å². The average Bonchev–Trinajstić information content (AvgIpc) is 2.85. The zero-order valence-corrected chi connectivity index (χ0v) is 16.2. The minimum Gasteiger partial charge on any atom is -0.481 e. The Kier molecular flexibility index (Phi) is 7.63. The third-order valence-electron chi connectivity index (χ3n) is 5.31. The maximum atomic E-state index is 12.0. The molecule has 0 aliphatic heterocycles. The minimum absolute atomic E-state index is 0.166. The molecular formula is C19H24F3N3O5. The highest BCUT2D eigenvalue weighted by Gasteiger charge is 2.44. The van der Waals surface area contributed by atoms with Crippen molar-refractivity contribution in [3.05, 3.63) is 23.4 Å². The Morgan fingerprint density at radius 3 is 2.13 bits per heavy atom. The number of urea groups is 1. The van der Waals surface area contributed by atoms with E-state index in [4.69, 9.17) is 9.90 Å². The number of pyridine rings is 1. The summed E-state index contributed by atoms with van der Waals surface area (Å²) in [6, 6.07) is 1.55. The lowest BCUT2D eigenvalue weighted by Crippen LogP contribution is -2.48. The van der Waals surface area contributed by atoms with Crippen molar-refractivity contribution in [1.82, 2.24) is 10.3 Å². The second-order valence-electron chi connectivity index (χ2n) is 7.45. The van der Waals surface area contributed by atoms with Crippen LogP contribution in [-0.2, 0) is 22.4 Å². The van der Waals surface area contributed by atoms with E-state index in [1.807, 2.05) is 12.3 Å². The molecule has 11 heteroatoms. The van der Waals surface area contributed by atoms with Gasteiger partial charge >= 0.3 is 24.1 Å². The number of amides is 2. The van der Waals surface area contributed by atoms with Crippen molar-refractivity contribution in [2.24, 2.45) is 5.41 Å². The molecule has 2 amide bonds. The Labute approximate surface area is 170 Å². The number of carbonyl (C=O) groups excluding carboxylic acids is 1. The summed E-state index contributed by atoms with van der Waals surface area (Å²) < 4.78 is 31.7. The number of halogens is 3. The van der Waals surface area contributed by atoms with Gasteiger partial charge in [-0.15, -0.1) is 0 Å². The molecule has 4 N–H and O–H groups in total. The molecule has 0 saturated heterocycles. The number of rotatable bonds is 4. The summed E-state index contributed by atoms with van der Waals surface area (Å²) in [5.74, 6) is -3.05. The fourth-order valence-corrected chi connectivity index (χ4v) is 3.34. The van der Waals surface area contributed by atoms with E-state index in [1.54, 1.807) is 0 Å². The standard InChI is InChI=1S/C17H23N3O3.C2HF3O2/c21-15(22)17(7-4-8-17)11-19-16(23)20-14-9-12-5-2-1-3-6-13(12)10-18-14;3-2(4,5)1(6)7/h9-10H,1-8,11H2,(H,21,22)(H2,18,19,20,23);(H,6,7). The number of aromatic nitrogens is 1. The van der Waals surface area contributed by atoms with Crippen molar-refractivity contribution in [3.63, 3.8) is 0 Å². The van der Waals surface area contributed by atoms with E-state index in [0.29, 0.717) is 18.7 Å². The fraction of sp³-hybridized carbons (Fsp3) is 0.579. The number of aryl methyl sites for hydroxylation is 2. The fourth-order valence-electron chi connectivity index (χ4n) is 3.34. The van der Waals surface area contributed by atoms with Gasteiger partial charge in [-0.05, 0) is 55.7 Å². The highest BCUT2D eigenvalue weighted by atomic mass is 19.4. The number of hydrogen-bond donors (Lipinski definition) is 4. The third-order valence-corrected chi connectivity index (χ3v) is 5.31. The minimum atomic E-state index is -5.08. The molecule has 166 valence electrons. The highest BCUT2D eigenvalue weighted by molar-refractivity contribution is 5.89. The van der Waals surface area contributed by atoms with Crippen LogP contribution < -0.4 is 10.6 Å². The molecule has 0 bridgehead atoms. The molecule has 0 spiro atoms. The molecule has 1 aromatic rings. The predicted octanol–water partition coefficient (Wildman–Crippen LogP) is 3.36. The first kappa shape index (κ1) is 23.4. The molecule has 3 rings (SSSR count). The first-order chi connectivity index (χ1) is 14.0. The maximum absolute atomic E-state index is 12.0. The van der Waals surface area contributed by atoms with E-state index in [0.717, 1.165) is 19.3 Å². The normalized spacial score (nSPS) is 17.2. The van der Waals surface area contributed by atoms with Gasteiger partial charge in [-0.3, -0.25) is 10.1 Å². The molecule has 0 unspecified atom stereocenters. The number of anilines is 1. The lowest BCUT2D eigenvalue weighted by atomic mass is 9.69. The summed E-state index contributed by atoms with van der Waals surface area (Å²) in [6.07, 6.45) is 4.59. The molecule has 1 heterocycles. The van der Waals surface area contributed by atoms with Gasteiger partial charge in [0.15, 0.2) is 0 Å². The molecule has 0 aromatic carbocycles. The molecule has 0 radical (unpaired) electrons. The van der Waals surface area contributed by atoms with E-state index in [1.165, 1.54) is 30.4 Å². The van der Waals surface area contributed by atoms with Gasteiger partial charge in [-0.25, -0.2) is 14.6 Å². The van der Waals surface area contributed by atoms with Crippen molar-refractivity contribution in [2.45, 2.75) is 57.5 Å². The number of alkyl halides is 3. The Hall–Kier alpha value is -2.85. The first-order valence-electron chi connectivity index (χ1n) is 9.60. The van der Waals surface area contributed by atoms with Crippen LogP contribution in [0.1, 0.15) is 49.7 Å². The van der Waals surface area contributed by atoms with Crippen LogP contribution in [0.25, 0.3) is 0 Å². The van der Waals surface area contributed by atoms with Gasteiger partial charge in [0.1, 0.15) is 5.82 Å². The van der Waals surface area contributed by atoms with Crippen molar-refractivity contribution < 1.29 is 37.8 Å². The number of carboxylic acids is 2. The molecule has 2 aliphatic carbocycles. The van der Waals surface area contributed by atoms with Gasteiger partial charge in [0, 0.05) is 12.7 Å². The van der Waals surface area contributed by atoms with Crippen LogP contribution in [0.3, 0.4) is 0 Å². The zero-order valence-electron chi connectivity index (χ0n) is 16.2. The van der Waals surface area contributed by atoms with Crippen molar-refractivity contribution in [3.8, 4) is 0 Å². The second-order valence-corrected chi connectivity index (χ2v) is 7.45. The Morgan fingerprint density at radius 1 is 1.03 bits per heavy atom. The second kappa shape index (κ2) is 9.77. The smallest absolute Gasteiger partial charge is 0.481 e. The quantitative estimate of drug-likeness (QED) is 0.541. The largest absolute Gasteiger partial charge is 0.490 e. The lowest BCUT2D eigenvalue weighted by Gasteiger charge is -2.37. The first-order valence-corrected chi connectivity index (χ1v) is 9.60. The van der Waals surface area contributed by atoms with Crippen molar-refractivity contribution >= 4 is 23.8 Å². The van der Waals surface area contributed by atoms with E-state index in [9.17, 15) is 27.9 Å². The SMILES string of the molecule is O=C(NCC1(C(=O)O)CCC1)Nc1cc2c(cn1)CCCCC2.O=C(O)C(F)(F)F. The summed E-state index contributed by atoms with van der Waals surface area (Å²) in [5, 5.41) is 21.8. The van der Waals surface area contributed by atoms with E-state index in [-0.39, 0.29) is 6.54 Å². The topological polar surface area (TPSA) is 129 Å². The summed E-state index contributed by atoms with van der Waals surface area (Å²) >= 11 is 0. The van der Waals surface area contributed by atoms with Gasteiger partial charge in [0.2, 0.25) is 0 Å². The molecule has 2 aliphatic rings. The van der Waals surface area contributed by atoms with Crippen LogP contribution in [0.4, 0.5) is 23.8 Å². The number of nitrogens with one attached hydrogen (secondary N) is 2. The summed E-state index contributed by atoms with van der Waals surface area (Å²) in [7, 11) is 0. The van der Waals surface area contributed by atoms with E-state index in [2.05, 4.69) is 15.6 Å². The number of hydrogen-bond acceptors (Lipinski definition) is 4. The summed E-state index contributed by atoms with van der Waals surface area (Å²) in [6.45, 7) is 0.166. The average molecular weight is 431 g/mol. The summed E-state index contributed by atoms with van der Waals surface area (Å²) in [5.41, 5.74) is 1.75. The summed E-state index contributed by atoms with van der Waals surface area (Å²) in [4.78, 5) is 36.5. The Balaban J connectivity index is 0.000000396. The van der Waals surface area contributed by atoms with Gasteiger partial charge in [0.25, 0.3) is 0 Å². The molecule has 0 atom stereocenters. The van der Waals surface area contributed by atoms with Crippen LogP contribution in [0.2, 0.25) is 0 Å². The van der Waals surface area contributed by atoms with Crippen molar-refractivity contribution in [1.29, 1.82) is 0 Å². The highest BCUT2D eigenvalue weighted by Crippen LogP contribution is 2.40. The van der Waals surface area contributed by atoms with Crippen LogP contribution in [-0.4, -0.2) is 45.9 Å². The van der Waals surface area contributed by atoms with E-state index >= 15 is 0 Å². The maximum Gasteiger partial charge on any atom is 0.490 e. The van der Waals surface area contributed by atoms with Gasteiger partial charge in [-0.1, -0.05) is 12.8 Å². The van der Waals surface area contributed by atoms with Crippen LogP contribution in [0.15, 0.2) is 12.3 Å². The molecule has 1 saturated carbocycles. The molecule has 1 fully saturated rings. The van der Waals surface area contributed by atoms with Gasteiger partial charge < -0.3 is 15.5 Å². The molecule has 30 heavy (non-hydrogen) atoms. The Bertz CT molecular complexity index is 794. The Morgan fingerprint density at radius 2 is 1.63 bits per heavy atom.